The summed E-state index contributed by atoms with van der Waals surface area (Å²) in [5.41, 5.74) is 2.11. The number of aryl methyl sites for hydroxylation is 1. The van der Waals surface area contributed by atoms with Crippen molar-refractivity contribution in [3.63, 3.8) is 0 Å². The molecule has 0 bridgehead atoms. The number of carbonyl (C=O) groups excluding carboxylic acids is 1. The number of anilines is 1. The Kier molecular flexibility index (Phi) is 3.76. The molecule has 3 aliphatic rings. The van der Waals surface area contributed by atoms with Gasteiger partial charge >= 0.3 is 10.3 Å². The summed E-state index contributed by atoms with van der Waals surface area (Å²) in [6, 6.07) is 5.05. The van der Waals surface area contributed by atoms with Crippen LogP contribution in [0.25, 0.3) is 0 Å². The number of ketones is 1. The van der Waals surface area contributed by atoms with Crippen LogP contribution >= 0.6 is 0 Å². The fourth-order valence-corrected chi connectivity index (χ4v) is 5.97. The molecule has 1 aromatic rings. The maximum Gasteiger partial charge on any atom is 0.382 e. The normalized spacial score (nSPS) is 34.2. The van der Waals surface area contributed by atoms with Crippen LogP contribution in [0.5, 0.6) is 0 Å². The minimum absolute atomic E-state index is 0.0522. The summed E-state index contributed by atoms with van der Waals surface area (Å²) in [6.07, 6.45) is 5.34. The first kappa shape index (κ1) is 17.0. The highest BCUT2D eigenvalue weighted by Crippen LogP contribution is 2.59. The predicted molar refractivity (Wildman–Crippen MR) is 91.9 cm³/mol. The Morgan fingerprint density at radius 2 is 1.96 bits per heavy atom. The highest BCUT2D eigenvalue weighted by atomic mass is 32.2. The number of hydrogen-bond donors (Lipinski definition) is 2. The van der Waals surface area contributed by atoms with Gasteiger partial charge in [-0.1, -0.05) is 13.0 Å². The Morgan fingerprint density at radius 1 is 1.20 bits per heavy atom. The average molecular weight is 365 g/mol. The molecule has 6 nitrogen and oxygen atoms in total. The van der Waals surface area contributed by atoms with E-state index < -0.39 is 10.3 Å². The molecule has 2 fully saturated rings. The van der Waals surface area contributed by atoms with Gasteiger partial charge in [-0.25, -0.2) is 0 Å². The molecule has 0 aromatic heterocycles. The summed E-state index contributed by atoms with van der Waals surface area (Å²) in [6.45, 7) is 2.14. The lowest BCUT2D eigenvalue weighted by Gasteiger charge is -2.48. The smallest absolute Gasteiger partial charge is 0.299 e. The van der Waals surface area contributed by atoms with E-state index in [9.17, 15) is 18.4 Å². The minimum Gasteiger partial charge on any atom is -0.299 e. The highest BCUT2D eigenvalue weighted by Gasteiger charge is 2.54. The molecule has 25 heavy (non-hydrogen) atoms. The van der Waals surface area contributed by atoms with Crippen molar-refractivity contribution in [2.45, 2.75) is 51.4 Å². The van der Waals surface area contributed by atoms with Gasteiger partial charge in [-0.05, 0) is 73.1 Å². The quantitative estimate of drug-likeness (QED) is 0.620. The monoisotopic (exact) mass is 365 g/mol. The lowest BCUT2D eigenvalue weighted by molar-refractivity contribution is -0.129. The summed E-state index contributed by atoms with van der Waals surface area (Å²) in [7, 11) is -4.68. The fourth-order valence-electron chi connectivity index (χ4n) is 5.59. The number of nitrogens with zero attached hydrogens (tertiary/aromatic N) is 1. The molecule has 0 spiro atoms. The second kappa shape index (κ2) is 5.53. The molecule has 4 rings (SSSR count). The highest BCUT2D eigenvalue weighted by molar-refractivity contribution is 7.87. The van der Waals surface area contributed by atoms with Gasteiger partial charge in [-0.2, -0.15) is 8.42 Å². The van der Waals surface area contributed by atoms with Gasteiger partial charge in [0.1, 0.15) is 5.78 Å². The zero-order valence-electron chi connectivity index (χ0n) is 14.2. The van der Waals surface area contributed by atoms with Crippen molar-refractivity contribution in [3.05, 3.63) is 29.3 Å². The van der Waals surface area contributed by atoms with Crippen molar-refractivity contribution in [1.29, 1.82) is 0 Å². The van der Waals surface area contributed by atoms with Crippen molar-refractivity contribution >= 4 is 21.8 Å². The van der Waals surface area contributed by atoms with Crippen LogP contribution in [0, 0.1) is 17.3 Å². The van der Waals surface area contributed by atoms with Gasteiger partial charge in [0.15, 0.2) is 0 Å². The van der Waals surface area contributed by atoms with Crippen LogP contribution < -0.4 is 4.47 Å². The second-order valence-electron chi connectivity index (χ2n) is 7.94. The molecule has 136 valence electrons. The molecular formula is C18H23NO5S. The lowest BCUT2D eigenvalue weighted by Crippen LogP contribution is -2.42. The first-order chi connectivity index (χ1) is 11.7. The largest absolute Gasteiger partial charge is 0.382 e. The molecule has 3 unspecified atom stereocenters. The maximum atomic E-state index is 12.4. The van der Waals surface area contributed by atoms with Crippen LogP contribution in [0.1, 0.15) is 56.1 Å². The van der Waals surface area contributed by atoms with E-state index in [-0.39, 0.29) is 15.6 Å². The third-order valence-corrected chi connectivity index (χ3v) is 7.51. The van der Waals surface area contributed by atoms with E-state index in [4.69, 9.17) is 4.55 Å². The van der Waals surface area contributed by atoms with Crippen LogP contribution in [0.2, 0.25) is 0 Å². The summed E-state index contributed by atoms with van der Waals surface area (Å²) < 4.78 is 31.1. The molecule has 0 aliphatic heterocycles. The Bertz CT molecular complexity index is 836. The zero-order chi connectivity index (χ0) is 18.0. The summed E-state index contributed by atoms with van der Waals surface area (Å²) in [5, 5.41) is 9.64. The molecule has 4 atom stereocenters. The Balaban J connectivity index is 1.67. The van der Waals surface area contributed by atoms with Gasteiger partial charge in [-0.15, -0.1) is 4.47 Å². The third-order valence-electron chi connectivity index (χ3n) is 6.86. The van der Waals surface area contributed by atoms with Gasteiger partial charge in [-0.3, -0.25) is 14.6 Å². The van der Waals surface area contributed by atoms with E-state index in [0.29, 0.717) is 30.0 Å². The van der Waals surface area contributed by atoms with Crippen molar-refractivity contribution in [2.24, 2.45) is 17.3 Å². The van der Waals surface area contributed by atoms with Gasteiger partial charge in [0.05, 0.1) is 5.69 Å². The summed E-state index contributed by atoms with van der Waals surface area (Å²) in [5.74, 6) is 1.75. The Hall–Kier alpha value is -1.44. The fraction of sp³-hybridized carbons (Fsp3) is 0.611. The van der Waals surface area contributed by atoms with E-state index in [0.717, 1.165) is 37.7 Å². The lowest BCUT2D eigenvalue weighted by atomic mass is 9.55. The number of benzene rings is 1. The molecule has 1 aromatic carbocycles. The van der Waals surface area contributed by atoms with Gasteiger partial charge < -0.3 is 0 Å². The molecular weight excluding hydrogens is 342 g/mol. The van der Waals surface area contributed by atoms with Gasteiger partial charge in [0, 0.05) is 11.8 Å². The Morgan fingerprint density at radius 3 is 2.68 bits per heavy atom. The van der Waals surface area contributed by atoms with E-state index in [2.05, 4.69) is 6.92 Å². The Labute approximate surface area is 147 Å². The van der Waals surface area contributed by atoms with E-state index in [1.54, 1.807) is 6.07 Å². The molecule has 0 radical (unpaired) electrons. The number of hydrogen-bond acceptors (Lipinski definition) is 4. The SMILES string of the molecule is C[C@]12CCC3c4ccc(N(O)S(=O)(=O)O)cc4CCC3C1CCC2=O. The van der Waals surface area contributed by atoms with Crippen LogP contribution in [-0.2, 0) is 21.5 Å². The topological polar surface area (TPSA) is 94.9 Å². The van der Waals surface area contributed by atoms with Crippen LogP contribution in [0.15, 0.2) is 18.2 Å². The van der Waals surface area contributed by atoms with E-state index in [1.807, 2.05) is 6.07 Å². The number of rotatable bonds is 2. The molecule has 0 saturated heterocycles. The number of carbonyl (C=O) groups is 1. The van der Waals surface area contributed by atoms with Gasteiger partial charge in [0.2, 0.25) is 0 Å². The molecule has 3 aliphatic carbocycles. The standard InChI is InChI=1S/C18H23NO5S/c1-18-9-8-14-13-5-3-12(19(21)25(22,23)24)10-11(13)2-4-15(14)16(18)6-7-17(18)20/h3,5,10,14-16,21H,2,4,6-9H2,1H3,(H,22,23,24)/t14?,15?,16?,18-/m0/s1. The average Bonchev–Trinajstić information content (AvgIpc) is 2.88. The van der Waals surface area contributed by atoms with Crippen LogP contribution in [-0.4, -0.2) is 24.0 Å². The van der Waals surface area contributed by atoms with Crippen molar-refractivity contribution < 1.29 is 23.0 Å². The molecule has 0 amide bonds. The molecule has 2 N–H and O–H groups in total. The first-order valence-electron chi connectivity index (χ1n) is 8.84. The minimum atomic E-state index is -4.68. The molecule has 7 heteroatoms. The van der Waals surface area contributed by atoms with Gasteiger partial charge in [0.25, 0.3) is 0 Å². The van der Waals surface area contributed by atoms with Crippen LogP contribution in [0.4, 0.5) is 5.69 Å². The van der Waals surface area contributed by atoms with E-state index in [1.165, 1.54) is 11.6 Å². The number of fused-ring (bicyclic) bond motifs is 5. The zero-order valence-corrected chi connectivity index (χ0v) is 15.0. The maximum absolute atomic E-state index is 12.4. The van der Waals surface area contributed by atoms with E-state index >= 15 is 0 Å². The molecule has 0 heterocycles. The molecule has 2 saturated carbocycles. The second-order valence-corrected chi connectivity index (χ2v) is 9.18. The summed E-state index contributed by atoms with van der Waals surface area (Å²) in [4.78, 5) is 12.4. The van der Waals surface area contributed by atoms with Crippen LogP contribution in [0.3, 0.4) is 0 Å². The number of Topliss-reactive ketones (excluding diaryl/α,β-unsaturated/α-hetero) is 1. The van der Waals surface area contributed by atoms with Crippen molar-refractivity contribution in [3.8, 4) is 0 Å². The summed E-state index contributed by atoms with van der Waals surface area (Å²) >= 11 is 0. The first-order valence-corrected chi connectivity index (χ1v) is 10.2. The third kappa shape index (κ3) is 2.52. The van der Waals surface area contributed by atoms with Crippen molar-refractivity contribution in [1.82, 2.24) is 0 Å². The predicted octanol–water partition coefficient (Wildman–Crippen LogP) is 3.11. The van der Waals surface area contributed by atoms with Crippen molar-refractivity contribution in [2.75, 3.05) is 4.47 Å².